The number of carbonyl (C=O) groups excluding carboxylic acids is 1. The number of aromatic nitrogens is 4. The van der Waals surface area contributed by atoms with Gasteiger partial charge in [0.05, 0.1) is 11.9 Å². The highest BCUT2D eigenvalue weighted by Gasteiger charge is 2.24. The smallest absolute Gasteiger partial charge is 0.225 e. The second kappa shape index (κ2) is 7.55. The number of rotatable bonds is 4. The van der Waals surface area contributed by atoms with Crippen LogP contribution >= 0.6 is 0 Å². The van der Waals surface area contributed by atoms with Crippen LogP contribution in [0.2, 0.25) is 0 Å². The molecule has 24 heavy (non-hydrogen) atoms. The van der Waals surface area contributed by atoms with Crippen LogP contribution in [0, 0.1) is 11.8 Å². The second-order valence-electron chi connectivity index (χ2n) is 6.84. The van der Waals surface area contributed by atoms with Gasteiger partial charge in [-0.25, -0.2) is 0 Å². The largest absolute Gasteiger partial charge is 0.342 e. The monoisotopic (exact) mass is 327 g/mol. The first kappa shape index (κ1) is 16.6. The molecule has 3 heterocycles. The Bertz CT molecular complexity index is 667. The van der Waals surface area contributed by atoms with Gasteiger partial charge >= 0.3 is 0 Å². The predicted octanol–water partition coefficient (Wildman–Crippen LogP) is 2.62. The topological polar surface area (TPSA) is 63.9 Å². The molecule has 1 unspecified atom stereocenters. The third-order valence-electron chi connectivity index (χ3n) is 4.49. The molecule has 1 aliphatic rings. The molecule has 1 aliphatic heterocycles. The summed E-state index contributed by atoms with van der Waals surface area (Å²) in [5.41, 5.74) is 1.63. The quantitative estimate of drug-likeness (QED) is 0.866. The first-order chi connectivity index (χ1) is 11.6. The average molecular weight is 327 g/mol. The van der Waals surface area contributed by atoms with E-state index in [0.717, 1.165) is 50.3 Å². The van der Waals surface area contributed by atoms with Gasteiger partial charge in [-0.1, -0.05) is 31.5 Å². The van der Waals surface area contributed by atoms with Crippen LogP contribution in [0.1, 0.15) is 33.1 Å². The summed E-state index contributed by atoms with van der Waals surface area (Å²) in [6, 6.07) is 5.77. The fourth-order valence-electron chi connectivity index (χ4n) is 3.23. The van der Waals surface area contributed by atoms with Crippen molar-refractivity contribution in [2.45, 2.75) is 39.7 Å². The van der Waals surface area contributed by atoms with E-state index in [4.69, 9.17) is 0 Å². The third kappa shape index (κ3) is 3.99. The maximum absolute atomic E-state index is 12.3. The molecule has 0 radical (unpaired) electrons. The van der Waals surface area contributed by atoms with Crippen molar-refractivity contribution in [3.05, 3.63) is 30.6 Å². The first-order valence-corrected chi connectivity index (χ1v) is 8.74. The Morgan fingerprint density at radius 1 is 1.29 bits per heavy atom. The van der Waals surface area contributed by atoms with Gasteiger partial charge in [-0.2, -0.15) is 0 Å². The van der Waals surface area contributed by atoms with Gasteiger partial charge in [0.25, 0.3) is 0 Å². The summed E-state index contributed by atoms with van der Waals surface area (Å²) in [5.74, 6) is 0.744. The predicted molar refractivity (Wildman–Crippen MR) is 92.0 cm³/mol. The SMILES string of the molecule is CC(C)C(=O)N1CCCCC(Cn2cc(-c3ccccn3)nn2)C1. The lowest BCUT2D eigenvalue weighted by Crippen LogP contribution is -2.38. The van der Waals surface area contributed by atoms with E-state index in [0.29, 0.717) is 5.92 Å². The van der Waals surface area contributed by atoms with Crippen LogP contribution in [0.25, 0.3) is 11.4 Å². The zero-order valence-corrected chi connectivity index (χ0v) is 14.4. The van der Waals surface area contributed by atoms with Crippen molar-refractivity contribution < 1.29 is 4.79 Å². The van der Waals surface area contributed by atoms with Crippen molar-refractivity contribution in [3.63, 3.8) is 0 Å². The Kier molecular flexibility index (Phi) is 5.23. The summed E-state index contributed by atoms with van der Waals surface area (Å²) in [6.45, 7) is 6.43. The molecule has 0 N–H and O–H groups in total. The summed E-state index contributed by atoms with van der Waals surface area (Å²) in [4.78, 5) is 18.7. The molecular formula is C18H25N5O. The normalized spacial score (nSPS) is 18.6. The maximum Gasteiger partial charge on any atom is 0.225 e. The van der Waals surface area contributed by atoms with E-state index >= 15 is 0 Å². The maximum atomic E-state index is 12.3. The molecule has 0 bridgehead atoms. The van der Waals surface area contributed by atoms with E-state index in [1.165, 1.54) is 0 Å². The van der Waals surface area contributed by atoms with Gasteiger partial charge in [-0.15, -0.1) is 5.10 Å². The van der Waals surface area contributed by atoms with E-state index in [-0.39, 0.29) is 11.8 Å². The van der Waals surface area contributed by atoms with Crippen molar-refractivity contribution in [3.8, 4) is 11.4 Å². The minimum Gasteiger partial charge on any atom is -0.342 e. The molecule has 1 amide bonds. The van der Waals surface area contributed by atoms with Gasteiger partial charge in [0.1, 0.15) is 5.69 Å². The summed E-state index contributed by atoms with van der Waals surface area (Å²) >= 11 is 0. The van der Waals surface area contributed by atoms with Crippen molar-refractivity contribution >= 4 is 5.91 Å². The third-order valence-corrected chi connectivity index (χ3v) is 4.49. The molecule has 0 saturated carbocycles. The molecule has 6 nitrogen and oxygen atoms in total. The minimum absolute atomic E-state index is 0.0610. The molecule has 3 rings (SSSR count). The van der Waals surface area contributed by atoms with Crippen molar-refractivity contribution in [1.82, 2.24) is 24.9 Å². The lowest BCUT2D eigenvalue weighted by Gasteiger charge is -2.26. The van der Waals surface area contributed by atoms with Crippen LogP contribution in [-0.4, -0.2) is 43.9 Å². The van der Waals surface area contributed by atoms with Crippen LogP contribution in [0.4, 0.5) is 0 Å². The molecule has 2 aromatic heterocycles. The van der Waals surface area contributed by atoms with Crippen LogP contribution < -0.4 is 0 Å². The first-order valence-electron chi connectivity index (χ1n) is 8.74. The molecule has 0 spiro atoms. The van der Waals surface area contributed by atoms with Gasteiger partial charge in [0, 0.05) is 31.7 Å². The van der Waals surface area contributed by atoms with Gasteiger partial charge in [0.2, 0.25) is 5.91 Å². The summed E-state index contributed by atoms with van der Waals surface area (Å²) in [7, 11) is 0. The molecule has 1 atom stereocenters. The molecule has 0 aromatic carbocycles. The van der Waals surface area contributed by atoms with Gasteiger partial charge < -0.3 is 4.90 Å². The molecule has 1 fully saturated rings. The van der Waals surface area contributed by atoms with Crippen LogP contribution in [0.3, 0.4) is 0 Å². The van der Waals surface area contributed by atoms with E-state index in [2.05, 4.69) is 15.3 Å². The fraction of sp³-hybridized carbons (Fsp3) is 0.556. The Morgan fingerprint density at radius 2 is 2.17 bits per heavy atom. The Balaban J connectivity index is 1.66. The molecular weight excluding hydrogens is 302 g/mol. The molecule has 1 saturated heterocycles. The van der Waals surface area contributed by atoms with E-state index < -0.39 is 0 Å². The highest BCUT2D eigenvalue weighted by atomic mass is 16.2. The number of carbonyl (C=O) groups is 1. The Labute approximate surface area is 142 Å². The Morgan fingerprint density at radius 3 is 2.92 bits per heavy atom. The number of hydrogen-bond donors (Lipinski definition) is 0. The molecule has 6 heteroatoms. The standard InChI is InChI=1S/C18H25N5O/c1-14(2)18(24)22-10-6-4-7-15(11-22)12-23-13-17(20-21-23)16-8-3-5-9-19-16/h3,5,8-9,13-15H,4,6-7,10-12H2,1-2H3. The number of pyridine rings is 1. The average Bonchev–Trinajstić information content (AvgIpc) is 2.93. The highest BCUT2D eigenvalue weighted by Crippen LogP contribution is 2.20. The number of amides is 1. The zero-order valence-electron chi connectivity index (χ0n) is 14.4. The second-order valence-corrected chi connectivity index (χ2v) is 6.84. The van der Waals surface area contributed by atoms with Crippen molar-refractivity contribution in [2.75, 3.05) is 13.1 Å². The van der Waals surface area contributed by atoms with E-state index in [9.17, 15) is 4.79 Å². The molecule has 128 valence electrons. The zero-order chi connectivity index (χ0) is 16.9. The number of likely N-dealkylation sites (tertiary alicyclic amines) is 1. The summed E-state index contributed by atoms with van der Waals surface area (Å²) < 4.78 is 1.89. The van der Waals surface area contributed by atoms with Crippen LogP contribution in [-0.2, 0) is 11.3 Å². The van der Waals surface area contributed by atoms with Gasteiger partial charge in [-0.3, -0.25) is 14.5 Å². The van der Waals surface area contributed by atoms with Crippen LogP contribution in [0.15, 0.2) is 30.6 Å². The molecule has 2 aromatic rings. The van der Waals surface area contributed by atoms with Gasteiger partial charge in [-0.05, 0) is 30.9 Å². The summed E-state index contributed by atoms with van der Waals surface area (Å²) in [6.07, 6.45) is 7.08. The van der Waals surface area contributed by atoms with E-state index in [1.807, 2.05) is 47.8 Å². The highest BCUT2D eigenvalue weighted by molar-refractivity contribution is 5.78. The van der Waals surface area contributed by atoms with Crippen LogP contribution in [0.5, 0.6) is 0 Å². The van der Waals surface area contributed by atoms with Crippen molar-refractivity contribution in [2.24, 2.45) is 11.8 Å². The van der Waals surface area contributed by atoms with Gasteiger partial charge in [0.15, 0.2) is 0 Å². The molecule has 0 aliphatic carbocycles. The van der Waals surface area contributed by atoms with Crippen molar-refractivity contribution in [1.29, 1.82) is 0 Å². The fourth-order valence-corrected chi connectivity index (χ4v) is 3.23. The summed E-state index contributed by atoms with van der Waals surface area (Å²) in [5, 5.41) is 8.47. The Hall–Kier alpha value is -2.24. The lowest BCUT2D eigenvalue weighted by atomic mass is 10.0. The van der Waals surface area contributed by atoms with E-state index in [1.54, 1.807) is 6.20 Å². The lowest BCUT2D eigenvalue weighted by molar-refractivity contribution is -0.134. The number of hydrogen-bond acceptors (Lipinski definition) is 4. The number of nitrogens with zero attached hydrogens (tertiary/aromatic N) is 5. The minimum atomic E-state index is 0.0610.